The minimum Gasteiger partial charge on any atom is -0.444 e. The molecule has 4 heteroatoms. The maximum absolute atomic E-state index is 11.8. The summed E-state index contributed by atoms with van der Waals surface area (Å²) in [6.45, 7) is 8.51. The monoisotopic (exact) mass is 256 g/mol. The Morgan fingerprint density at radius 2 is 2.00 bits per heavy atom. The zero-order chi connectivity index (χ0) is 13.8. The van der Waals surface area contributed by atoms with E-state index in [0.29, 0.717) is 18.4 Å². The van der Waals surface area contributed by atoms with Gasteiger partial charge in [0.15, 0.2) is 0 Å². The molecule has 0 radical (unpaired) electrons. The zero-order valence-electron chi connectivity index (χ0n) is 12.2. The molecule has 3 N–H and O–H groups in total. The van der Waals surface area contributed by atoms with Gasteiger partial charge in [-0.15, -0.1) is 0 Å². The third-order valence-corrected chi connectivity index (χ3v) is 3.27. The molecule has 0 aromatic heterocycles. The minimum atomic E-state index is -0.428. The molecule has 0 aliphatic heterocycles. The van der Waals surface area contributed by atoms with Crippen molar-refractivity contribution in [2.45, 2.75) is 65.0 Å². The second kappa shape index (κ2) is 6.41. The topological polar surface area (TPSA) is 64.3 Å². The van der Waals surface area contributed by atoms with E-state index < -0.39 is 5.60 Å². The SMILES string of the molecule is C[C@H](CN)CCC(NC(=O)OC(C)(C)C)C1CC1. The molecule has 0 heterocycles. The molecular weight excluding hydrogens is 228 g/mol. The van der Waals surface area contributed by atoms with Crippen LogP contribution in [0.1, 0.15) is 53.4 Å². The first-order chi connectivity index (χ1) is 8.31. The summed E-state index contributed by atoms with van der Waals surface area (Å²) in [6.07, 6.45) is 4.21. The van der Waals surface area contributed by atoms with Crippen LogP contribution in [0.5, 0.6) is 0 Å². The number of hydrogen-bond donors (Lipinski definition) is 2. The Balaban J connectivity index is 2.36. The summed E-state index contributed by atoms with van der Waals surface area (Å²) < 4.78 is 5.30. The van der Waals surface area contributed by atoms with Gasteiger partial charge in [-0.05, 0) is 64.8 Å². The minimum absolute atomic E-state index is 0.258. The molecular formula is C14H28N2O2. The highest BCUT2D eigenvalue weighted by atomic mass is 16.6. The van der Waals surface area contributed by atoms with Crippen molar-refractivity contribution in [3.05, 3.63) is 0 Å². The number of ether oxygens (including phenoxy) is 1. The lowest BCUT2D eigenvalue weighted by molar-refractivity contribution is 0.0493. The van der Waals surface area contributed by atoms with Gasteiger partial charge in [0.25, 0.3) is 0 Å². The lowest BCUT2D eigenvalue weighted by atomic mass is 9.99. The van der Waals surface area contributed by atoms with Gasteiger partial charge in [0.1, 0.15) is 5.60 Å². The Labute approximate surface area is 111 Å². The summed E-state index contributed by atoms with van der Waals surface area (Å²) in [5.74, 6) is 1.16. The molecule has 0 bridgehead atoms. The van der Waals surface area contributed by atoms with Crippen molar-refractivity contribution in [2.75, 3.05) is 6.54 Å². The van der Waals surface area contributed by atoms with E-state index >= 15 is 0 Å². The Morgan fingerprint density at radius 1 is 1.39 bits per heavy atom. The summed E-state index contributed by atoms with van der Waals surface area (Å²) >= 11 is 0. The smallest absolute Gasteiger partial charge is 0.407 e. The maximum atomic E-state index is 11.8. The van der Waals surface area contributed by atoms with Crippen molar-refractivity contribution in [1.29, 1.82) is 0 Å². The van der Waals surface area contributed by atoms with Gasteiger partial charge in [0, 0.05) is 6.04 Å². The predicted octanol–water partition coefficient (Wildman–Crippen LogP) is 2.66. The lowest BCUT2D eigenvalue weighted by Crippen LogP contribution is -2.40. The van der Waals surface area contributed by atoms with Gasteiger partial charge in [0.2, 0.25) is 0 Å². The van der Waals surface area contributed by atoms with Gasteiger partial charge in [-0.1, -0.05) is 6.92 Å². The molecule has 4 nitrogen and oxygen atoms in total. The van der Waals surface area contributed by atoms with Crippen molar-refractivity contribution < 1.29 is 9.53 Å². The molecule has 18 heavy (non-hydrogen) atoms. The number of nitrogens with two attached hydrogens (primary N) is 1. The van der Waals surface area contributed by atoms with E-state index in [0.717, 1.165) is 12.8 Å². The molecule has 1 amide bonds. The van der Waals surface area contributed by atoms with Crippen LogP contribution in [-0.4, -0.2) is 24.3 Å². The summed E-state index contributed by atoms with van der Waals surface area (Å²) in [5, 5.41) is 3.01. The summed E-state index contributed by atoms with van der Waals surface area (Å²) in [4.78, 5) is 11.8. The highest BCUT2D eigenvalue weighted by Crippen LogP contribution is 2.35. The van der Waals surface area contributed by atoms with E-state index in [1.807, 2.05) is 20.8 Å². The largest absolute Gasteiger partial charge is 0.444 e. The standard InChI is InChI=1S/C14H28N2O2/c1-10(9-15)5-8-12(11-6-7-11)16-13(17)18-14(2,3)4/h10-12H,5-9,15H2,1-4H3,(H,16,17)/t10-,12?/m0/s1. The number of amides is 1. The number of carbonyl (C=O) groups excluding carboxylic acids is 1. The van der Waals surface area contributed by atoms with E-state index in [4.69, 9.17) is 10.5 Å². The number of nitrogens with one attached hydrogen (secondary N) is 1. The van der Waals surface area contributed by atoms with Crippen molar-refractivity contribution in [3.63, 3.8) is 0 Å². The second-order valence-corrected chi connectivity index (χ2v) is 6.51. The second-order valence-electron chi connectivity index (χ2n) is 6.51. The predicted molar refractivity (Wildman–Crippen MR) is 73.3 cm³/mol. The van der Waals surface area contributed by atoms with Gasteiger partial charge in [0.05, 0.1) is 0 Å². The molecule has 1 aliphatic carbocycles. The van der Waals surface area contributed by atoms with Gasteiger partial charge >= 0.3 is 6.09 Å². The van der Waals surface area contributed by atoms with Gasteiger partial charge in [-0.2, -0.15) is 0 Å². The first-order valence-corrected chi connectivity index (χ1v) is 7.01. The van der Waals surface area contributed by atoms with Crippen LogP contribution in [0.15, 0.2) is 0 Å². The molecule has 0 aromatic rings. The molecule has 1 fully saturated rings. The molecule has 106 valence electrons. The van der Waals surface area contributed by atoms with Crippen molar-refractivity contribution in [1.82, 2.24) is 5.32 Å². The number of rotatable bonds is 6. The molecule has 1 unspecified atom stereocenters. The maximum Gasteiger partial charge on any atom is 0.407 e. The van der Waals surface area contributed by atoms with Gasteiger partial charge < -0.3 is 15.8 Å². The van der Waals surface area contributed by atoms with Crippen molar-refractivity contribution in [2.24, 2.45) is 17.6 Å². The van der Waals surface area contributed by atoms with Crippen LogP contribution in [0.4, 0.5) is 4.79 Å². The van der Waals surface area contributed by atoms with Crippen LogP contribution < -0.4 is 11.1 Å². The molecule has 0 aromatic carbocycles. The fourth-order valence-electron chi connectivity index (χ4n) is 1.97. The van der Waals surface area contributed by atoms with Crippen molar-refractivity contribution in [3.8, 4) is 0 Å². The summed E-state index contributed by atoms with van der Waals surface area (Å²) in [7, 11) is 0. The first kappa shape index (κ1) is 15.3. The zero-order valence-corrected chi connectivity index (χ0v) is 12.2. The number of hydrogen-bond acceptors (Lipinski definition) is 3. The highest BCUT2D eigenvalue weighted by molar-refractivity contribution is 5.68. The van der Waals surface area contributed by atoms with E-state index in [9.17, 15) is 4.79 Å². The van der Waals surface area contributed by atoms with Gasteiger partial charge in [-0.3, -0.25) is 0 Å². The quantitative estimate of drug-likeness (QED) is 0.768. The average Bonchev–Trinajstić information content (AvgIpc) is 3.04. The fourth-order valence-corrected chi connectivity index (χ4v) is 1.97. The van der Waals surface area contributed by atoms with Crippen LogP contribution >= 0.6 is 0 Å². The van der Waals surface area contributed by atoms with E-state index in [2.05, 4.69) is 12.2 Å². The fraction of sp³-hybridized carbons (Fsp3) is 0.929. The van der Waals surface area contributed by atoms with Crippen LogP contribution in [0.25, 0.3) is 0 Å². The third-order valence-electron chi connectivity index (χ3n) is 3.27. The molecule has 1 aliphatic rings. The van der Waals surface area contributed by atoms with Crippen LogP contribution in [0.2, 0.25) is 0 Å². The normalized spacial score (nSPS) is 19.2. The Bertz CT molecular complexity index is 269. The molecule has 2 atom stereocenters. The molecule has 0 saturated heterocycles. The lowest BCUT2D eigenvalue weighted by Gasteiger charge is -2.24. The number of alkyl carbamates (subject to hydrolysis) is 1. The van der Waals surface area contributed by atoms with Gasteiger partial charge in [-0.25, -0.2) is 4.79 Å². The van der Waals surface area contributed by atoms with E-state index in [1.54, 1.807) is 0 Å². The summed E-state index contributed by atoms with van der Waals surface area (Å²) in [5.41, 5.74) is 5.19. The third kappa shape index (κ3) is 6.24. The highest BCUT2D eigenvalue weighted by Gasteiger charge is 2.33. The molecule has 1 saturated carbocycles. The number of carbonyl (C=O) groups is 1. The van der Waals surface area contributed by atoms with Crippen LogP contribution in [0, 0.1) is 11.8 Å². The molecule has 0 spiro atoms. The summed E-state index contributed by atoms with van der Waals surface area (Å²) in [6, 6.07) is 0.258. The molecule has 1 rings (SSSR count). The van der Waals surface area contributed by atoms with E-state index in [1.165, 1.54) is 12.8 Å². The van der Waals surface area contributed by atoms with Crippen LogP contribution in [0.3, 0.4) is 0 Å². The van der Waals surface area contributed by atoms with Crippen molar-refractivity contribution >= 4 is 6.09 Å². The Hall–Kier alpha value is -0.770. The average molecular weight is 256 g/mol. The first-order valence-electron chi connectivity index (χ1n) is 7.01. The Morgan fingerprint density at radius 3 is 2.44 bits per heavy atom. The van der Waals surface area contributed by atoms with Crippen LogP contribution in [-0.2, 0) is 4.74 Å². The Kier molecular flexibility index (Phi) is 5.45. The van der Waals surface area contributed by atoms with E-state index in [-0.39, 0.29) is 12.1 Å².